The highest BCUT2D eigenvalue weighted by molar-refractivity contribution is 7.89. The Morgan fingerprint density at radius 2 is 2.20 bits per heavy atom. The van der Waals surface area contributed by atoms with Crippen LogP contribution in [0.5, 0.6) is 0 Å². The molecule has 0 spiro atoms. The smallest absolute Gasteiger partial charge is 0.242 e. The van der Waals surface area contributed by atoms with Crippen molar-refractivity contribution in [3.63, 3.8) is 0 Å². The van der Waals surface area contributed by atoms with Crippen molar-refractivity contribution >= 4 is 21.6 Å². The molecule has 2 rings (SSSR count). The van der Waals surface area contributed by atoms with E-state index in [1.807, 2.05) is 0 Å². The average molecular weight is 318 g/mol. The van der Waals surface area contributed by atoms with Crippen LogP contribution in [-0.4, -0.2) is 30.2 Å². The van der Waals surface area contributed by atoms with Crippen molar-refractivity contribution in [1.29, 1.82) is 0 Å². The minimum atomic E-state index is -3.76. The maximum Gasteiger partial charge on any atom is 0.242 e. The SMILES string of the molecule is O=S(=O)(NCCc1ncno1)c1cc(CO)ccc1Cl. The largest absolute Gasteiger partial charge is 0.392 e. The predicted octanol–water partition coefficient (Wildman–Crippen LogP) is 0.736. The van der Waals surface area contributed by atoms with Crippen LogP contribution >= 0.6 is 11.6 Å². The maximum absolute atomic E-state index is 12.1. The third-order valence-electron chi connectivity index (χ3n) is 2.51. The molecule has 0 saturated heterocycles. The fourth-order valence-electron chi connectivity index (χ4n) is 1.53. The van der Waals surface area contributed by atoms with Gasteiger partial charge in [-0.1, -0.05) is 22.8 Å². The zero-order chi connectivity index (χ0) is 14.6. The first kappa shape index (κ1) is 14.9. The number of aliphatic hydroxyl groups excluding tert-OH is 1. The molecule has 0 unspecified atom stereocenters. The molecular weight excluding hydrogens is 306 g/mol. The lowest BCUT2D eigenvalue weighted by atomic mass is 10.2. The van der Waals surface area contributed by atoms with Crippen molar-refractivity contribution in [1.82, 2.24) is 14.9 Å². The molecule has 0 atom stereocenters. The molecule has 0 bridgehead atoms. The zero-order valence-electron chi connectivity index (χ0n) is 10.3. The maximum atomic E-state index is 12.1. The molecular formula is C11H12ClN3O4S. The summed E-state index contributed by atoms with van der Waals surface area (Å²) in [6.45, 7) is -0.161. The van der Waals surface area contributed by atoms with Gasteiger partial charge in [0.2, 0.25) is 15.9 Å². The Morgan fingerprint density at radius 1 is 1.40 bits per heavy atom. The molecule has 1 heterocycles. The van der Waals surface area contributed by atoms with Crippen molar-refractivity contribution in [2.75, 3.05) is 6.54 Å². The van der Waals surface area contributed by atoms with Gasteiger partial charge in [0.25, 0.3) is 0 Å². The molecule has 7 nitrogen and oxygen atoms in total. The zero-order valence-corrected chi connectivity index (χ0v) is 11.9. The average Bonchev–Trinajstić information content (AvgIpc) is 2.92. The summed E-state index contributed by atoms with van der Waals surface area (Å²) < 4.78 is 31.4. The summed E-state index contributed by atoms with van der Waals surface area (Å²) in [4.78, 5) is 3.71. The van der Waals surface area contributed by atoms with Crippen LogP contribution in [0, 0.1) is 0 Å². The molecule has 0 aliphatic rings. The molecule has 0 aliphatic carbocycles. The summed E-state index contributed by atoms with van der Waals surface area (Å²) in [7, 11) is -3.76. The van der Waals surface area contributed by atoms with Crippen molar-refractivity contribution in [2.24, 2.45) is 0 Å². The monoisotopic (exact) mass is 317 g/mol. The van der Waals surface area contributed by atoms with E-state index >= 15 is 0 Å². The minimum absolute atomic E-state index is 0.0729. The number of hydrogen-bond acceptors (Lipinski definition) is 6. The fourth-order valence-corrected chi connectivity index (χ4v) is 3.11. The first-order valence-corrected chi connectivity index (χ1v) is 7.53. The summed E-state index contributed by atoms with van der Waals surface area (Å²) in [6, 6.07) is 4.32. The van der Waals surface area contributed by atoms with Gasteiger partial charge in [0.05, 0.1) is 11.6 Å². The van der Waals surface area contributed by atoms with Gasteiger partial charge in [0.15, 0.2) is 6.33 Å². The number of rotatable bonds is 6. The van der Waals surface area contributed by atoms with Crippen LogP contribution in [0.4, 0.5) is 0 Å². The van der Waals surface area contributed by atoms with Gasteiger partial charge in [-0.3, -0.25) is 0 Å². The molecule has 108 valence electrons. The van der Waals surface area contributed by atoms with E-state index in [9.17, 15) is 8.42 Å². The van der Waals surface area contributed by atoms with E-state index in [4.69, 9.17) is 21.2 Å². The van der Waals surface area contributed by atoms with Gasteiger partial charge in [-0.05, 0) is 17.7 Å². The Morgan fingerprint density at radius 3 is 2.85 bits per heavy atom. The molecule has 20 heavy (non-hydrogen) atoms. The predicted molar refractivity (Wildman–Crippen MR) is 70.6 cm³/mol. The van der Waals surface area contributed by atoms with Crippen LogP contribution in [0.1, 0.15) is 11.5 Å². The van der Waals surface area contributed by atoms with Gasteiger partial charge in [-0.25, -0.2) is 13.1 Å². The normalized spacial score (nSPS) is 11.7. The highest BCUT2D eigenvalue weighted by Gasteiger charge is 2.18. The number of sulfonamides is 1. The Labute approximate surface area is 120 Å². The number of hydrogen-bond donors (Lipinski definition) is 2. The molecule has 0 aliphatic heterocycles. The highest BCUT2D eigenvalue weighted by atomic mass is 35.5. The van der Waals surface area contributed by atoms with E-state index in [0.717, 1.165) is 0 Å². The summed E-state index contributed by atoms with van der Waals surface area (Å²) >= 11 is 5.87. The molecule has 1 aromatic carbocycles. The van der Waals surface area contributed by atoms with E-state index < -0.39 is 10.0 Å². The van der Waals surface area contributed by atoms with Gasteiger partial charge >= 0.3 is 0 Å². The number of aromatic nitrogens is 2. The van der Waals surface area contributed by atoms with E-state index in [1.54, 1.807) is 6.07 Å². The van der Waals surface area contributed by atoms with Crippen molar-refractivity contribution in [2.45, 2.75) is 17.9 Å². The van der Waals surface area contributed by atoms with Gasteiger partial charge in [0, 0.05) is 13.0 Å². The lowest BCUT2D eigenvalue weighted by molar-refractivity contribution is 0.281. The summed E-state index contributed by atoms with van der Waals surface area (Å²) in [6.07, 6.45) is 1.52. The van der Waals surface area contributed by atoms with Crippen LogP contribution in [-0.2, 0) is 23.1 Å². The second-order valence-corrected chi connectivity index (χ2v) is 6.05. The van der Waals surface area contributed by atoms with Crippen molar-refractivity contribution in [3.05, 3.63) is 41.0 Å². The Bertz CT molecular complexity index is 673. The Hall–Kier alpha value is -1.48. The molecule has 0 radical (unpaired) electrons. The van der Waals surface area contributed by atoms with Gasteiger partial charge in [-0.2, -0.15) is 4.98 Å². The van der Waals surface area contributed by atoms with Gasteiger partial charge in [-0.15, -0.1) is 0 Å². The minimum Gasteiger partial charge on any atom is -0.392 e. The number of aliphatic hydroxyl groups is 1. The van der Waals surface area contributed by atoms with Gasteiger partial charge < -0.3 is 9.63 Å². The van der Waals surface area contributed by atoms with Crippen LogP contribution in [0.25, 0.3) is 0 Å². The van der Waals surface area contributed by atoms with Gasteiger partial charge in [0.1, 0.15) is 4.90 Å². The molecule has 2 N–H and O–H groups in total. The van der Waals surface area contributed by atoms with Crippen molar-refractivity contribution in [3.8, 4) is 0 Å². The molecule has 1 aromatic heterocycles. The summed E-state index contributed by atoms with van der Waals surface area (Å²) in [5.74, 6) is 0.336. The lowest BCUT2D eigenvalue weighted by Gasteiger charge is -2.08. The topological polar surface area (TPSA) is 105 Å². The molecule has 2 aromatic rings. The second-order valence-electron chi connectivity index (χ2n) is 3.91. The molecule has 0 fully saturated rings. The number of nitrogens with one attached hydrogen (secondary N) is 1. The quantitative estimate of drug-likeness (QED) is 0.814. The fraction of sp³-hybridized carbons (Fsp3) is 0.273. The van der Waals surface area contributed by atoms with E-state index in [1.165, 1.54) is 18.5 Å². The first-order valence-electron chi connectivity index (χ1n) is 5.67. The first-order chi connectivity index (χ1) is 9.53. The second kappa shape index (κ2) is 6.31. The highest BCUT2D eigenvalue weighted by Crippen LogP contribution is 2.22. The Kier molecular flexibility index (Phi) is 4.71. The number of nitrogens with zero attached hydrogens (tertiary/aromatic N) is 2. The lowest BCUT2D eigenvalue weighted by Crippen LogP contribution is -2.26. The van der Waals surface area contributed by atoms with E-state index in [0.29, 0.717) is 11.5 Å². The molecule has 9 heteroatoms. The van der Waals surface area contributed by atoms with E-state index in [2.05, 4.69) is 14.9 Å². The van der Waals surface area contributed by atoms with Crippen LogP contribution < -0.4 is 4.72 Å². The third-order valence-corrected chi connectivity index (χ3v) is 4.45. The van der Waals surface area contributed by atoms with E-state index in [-0.39, 0.29) is 29.5 Å². The molecule has 0 amide bonds. The van der Waals surface area contributed by atoms with Crippen molar-refractivity contribution < 1.29 is 18.0 Å². The Balaban J connectivity index is 2.09. The number of halogens is 1. The summed E-state index contributed by atoms with van der Waals surface area (Å²) in [5, 5.41) is 12.5. The summed E-state index contributed by atoms with van der Waals surface area (Å²) in [5.41, 5.74) is 0.465. The standard InChI is InChI=1S/C11H12ClN3O4S/c12-9-2-1-8(6-16)5-10(9)20(17,18)15-4-3-11-13-7-14-19-11/h1-2,5,7,15-16H,3-4,6H2. The van der Waals surface area contributed by atoms with Crippen LogP contribution in [0.15, 0.2) is 33.9 Å². The number of benzene rings is 1. The third kappa shape index (κ3) is 3.54. The van der Waals surface area contributed by atoms with Crippen LogP contribution in [0.2, 0.25) is 5.02 Å². The van der Waals surface area contributed by atoms with Crippen LogP contribution in [0.3, 0.4) is 0 Å². The molecule has 0 saturated carbocycles.